The summed E-state index contributed by atoms with van der Waals surface area (Å²) >= 11 is 0. The number of hydrogen-bond acceptors (Lipinski definition) is 4. The van der Waals surface area contributed by atoms with Crippen molar-refractivity contribution in [2.24, 2.45) is 0 Å². The number of benzene rings is 2. The SMILES string of the molecule is C[C@@H]1CCC[C@H](C)N1CCCCCn1c(=O)c(-c2cccc(C#N)c2)nc2ccccc21. The summed E-state index contributed by atoms with van der Waals surface area (Å²) in [5.41, 5.74) is 3.23. The predicted molar refractivity (Wildman–Crippen MR) is 129 cm³/mol. The lowest BCUT2D eigenvalue weighted by atomic mass is 9.97. The van der Waals surface area contributed by atoms with Gasteiger partial charge in [-0.1, -0.05) is 37.1 Å². The topological polar surface area (TPSA) is 61.9 Å². The third-order valence-corrected chi connectivity index (χ3v) is 6.79. The van der Waals surface area contributed by atoms with E-state index in [1.54, 1.807) is 18.2 Å². The van der Waals surface area contributed by atoms with Crippen LogP contribution in [0.4, 0.5) is 0 Å². The number of piperidine rings is 1. The number of nitrogens with zero attached hydrogens (tertiary/aromatic N) is 4. The molecule has 0 unspecified atom stereocenters. The highest BCUT2D eigenvalue weighted by molar-refractivity contribution is 5.78. The van der Waals surface area contributed by atoms with Gasteiger partial charge in [-0.25, -0.2) is 4.98 Å². The highest BCUT2D eigenvalue weighted by atomic mass is 16.1. The van der Waals surface area contributed by atoms with Crippen molar-refractivity contribution in [3.8, 4) is 17.3 Å². The molecule has 1 aromatic heterocycles. The summed E-state index contributed by atoms with van der Waals surface area (Å²) in [6.07, 6.45) is 7.16. The fourth-order valence-electron chi connectivity index (χ4n) is 5.00. The molecule has 0 aliphatic carbocycles. The normalized spacial score (nSPS) is 19.2. The number of rotatable bonds is 7. The van der Waals surface area contributed by atoms with Crippen molar-refractivity contribution in [3.05, 3.63) is 64.4 Å². The summed E-state index contributed by atoms with van der Waals surface area (Å²) in [4.78, 5) is 20.7. The van der Waals surface area contributed by atoms with Gasteiger partial charge in [0, 0.05) is 24.2 Å². The maximum absolute atomic E-state index is 13.4. The summed E-state index contributed by atoms with van der Waals surface area (Å²) in [5, 5.41) is 9.24. The van der Waals surface area contributed by atoms with E-state index < -0.39 is 0 Å². The number of nitriles is 1. The largest absolute Gasteiger partial charge is 0.305 e. The summed E-state index contributed by atoms with van der Waals surface area (Å²) in [6.45, 7) is 6.51. The Balaban J connectivity index is 1.51. The molecule has 0 radical (unpaired) electrons. The second-order valence-electron chi connectivity index (χ2n) is 9.03. The molecule has 166 valence electrons. The minimum absolute atomic E-state index is 0.0861. The molecule has 2 heterocycles. The van der Waals surface area contributed by atoms with Crippen LogP contribution in [0.15, 0.2) is 53.3 Å². The smallest absolute Gasteiger partial charge is 0.277 e. The van der Waals surface area contributed by atoms with Crippen molar-refractivity contribution >= 4 is 11.0 Å². The van der Waals surface area contributed by atoms with E-state index in [4.69, 9.17) is 0 Å². The van der Waals surface area contributed by atoms with Gasteiger partial charge in [-0.05, 0) is 70.3 Å². The number of likely N-dealkylation sites (tertiary alicyclic amines) is 1. The maximum Gasteiger partial charge on any atom is 0.277 e. The van der Waals surface area contributed by atoms with E-state index in [1.165, 1.54) is 19.3 Å². The van der Waals surface area contributed by atoms with E-state index in [2.05, 4.69) is 29.8 Å². The van der Waals surface area contributed by atoms with Crippen LogP contribution < -0.4 is 5.56 Å². The first-order chi connectivity index (χ1) is 15.6. The number of aromatic nitrogens is 2. The molecule has 4 rings (SSSR count). The van der Waals surface area contributed by atoms with Crippen molar-refractivity contribution in [2.75, 3.05) is 6.54 Å². The molecule has 0 amide bonds. The fourth-order valence-corrected chi connectivity index (χ4v) is 5.00. The molecule has 5 nitrogen and oxygen atoms in total. The lowest BCUT2D eigenvalue weighted by Gasteiger charge is -2.39. The number of para-hydroxylation sites is 2. The van der Waals surface area contributed by atoms with E-state index in [0.29, 0.717) is 35.4 Å². The van der Waals surface area contributed by atoms with Gasteiger partial charge in [0.15, 0.2) is 0 Å². The first-order valence-corrected chi connectivity index (χ1v) is 11.8. The van der Waals surface area contributed by atoms with Gasteiger partial charge in [-0.2, -0.15) is 5.26 Å². The average Bonchev–Trinajstić information content (AvgIpc) is 2.81. The molecule has 5 heteroatoms. The van der Waals surface area contributed by atoms with Crippen LogP contribution in [0.5, 0.6) is 0 Å². The van der Waals surface area contributed by atoms with Crippen molar-refractivity contribution in [1.82, 2.24) is 14.5 Å². The quantitative estimate of drug-likeness (QED) is 0.475. The van der Waals surface area contributed by atoms with Crippen LogP contribution in [0.1, 0.15) is 57.9 Å². The highest BCUT2D eigenvalue weighted by Gasteiger charge is 2.23. The Kier molecular flexibility index (Phi) is 7.02. The Morgan fingerprint density at radius 2 is 1.75 bits per heavy atom. The van der Waals surface area contributed by atoms with Gasteiger partial charge >= 0.3 is 0 Å². The molecule has 1 fully saturated rings. The number of aryl methyl sites for hydroxylation is 1. The Morgan fingerprint density at radius 3 is 2.53 bits per heavy atom. The zero-order valence-electron chi connectivity index (χ0n) is 19.1. The summed E-state index contributed by atoms with van der Waals surface area (Å²) < 4.78 is 1.86. The molecule has 0 spiro atoms. The molecule has 0 N–H and O–H groups in total. The predicted octanol–water partition coefficient (Wildman–Crippen LogP) is 5.37. The molecular weight excluding hydrogens is 396 g/mol. The van der Waals surface area contributed by atoms with Crippen LogP contribution >= 0.6 is 0 Å². The summed E-state index contributed by atoms with van der Waals surface area (Å²) in [5.74, 6) is 0. The second kappa shape index (κ2) is 10.1. The zero-order valence-corrected chi connectivity index (χ0v) is 19.1. The molecule has 0 bridgehead atoms. The van der Waals surface area contributed by atoms with E-state index >= 15 is 0 Å². The number of hydrogen-bond donors (Lipinski definition) is 0. The molecule has 0 saturated carbocycles. The fraction of sp³-hybridized carbons (Fsp3) is 0.444. The molecular formula is C27H32N4O. The maximum atomic E-state index is 13.4. The molecule has 2 aromatic carbocycles. The highest BCUT2D eigenvalue weighted by Crippen LogP contribution is 2.23. The number of unbranched alkanes of at least 4 members (excludes halogenated alkanes) is 2. The Labute approximate surface area is 190 Å². The standard InChI is InChI=1S/C27H32N4O/c1-20-10-8-11-21(2)30(20)16-6-3-7-17-31-25-15-5-4-14-24(25)29-26(27(31)32)23-13-9-12-22(18-23)19-28/h4-5,9,12-15,18,20-21H,3,6-8,10-11,16-17H2,1-2H3/t20-,21+. The van der Waals surface area contributed by atoms with Crippen LogP contribution in [-0.2, 0) is 6.54 Å². The van der Waals surface area contributed by atoms with Gasteiger partial charge in [0.05, 0.1) is 22.7 Å². The van der Waals surface area contributed by atoms with Gasteiger partial charge in [-0.15, -0.1) is 0 Å². The van der Waals surface area contributed by atoms with Crippen molar-refractivity contribution in [2.45, 2.75) is 71.0 Å². The molecule has 3 aromatic rings. The lowest BCUT2D eigenvalue weighted by Crippen LogP contribution is -2.44. The van der Waals surface area contributed by atoms with E-state index in [-0.39, 0.29) is 5.56 Å². The van der Waals surface area contributed by atoms with Crippen molar-refractivity contribution in [1.29, 1.82) is 5.26 Å². The van der Waals surface area contributed by atoms with Crippen molar-refractivity contribution < 1.29 is 0 Å². The van der Waals surface area contributed by atoms with Crippen LogP contribution in [0, 0.1) is 11.3 Å². The van der Waals surface area contributed by atoms with Crippen molar-refractivity contribution in [3.63, 3.8) is 0 Å². The van der Waals surface area contributed by atoms with Gasteiger partial charge in [0.25, 0.3) is 5.56 Å². The van der Waals surface area contributed by atoms with Crippen LogP contribution in [0.3, 0.4) is 0 Å². The van der Waals surface area contributed by atoms with E-state index in [9.17, 15) is 10.1 Å². The van der Waals surface area contributed by atoms with Gasteiger partial charge < -0.3 is 4.57 Å². The Morgan fingerprint density at radius 1 is 1.00 bits per heavy atom. The average molecular weight is 429 g/mol. The monoisotopic (exact) mass is 428 g/mol. The minimum Gasteiger partial charge on any atom is -0.305 e. The lowest BCUT2D eigenvalue weighted by molar-refractivity contribution is 0.101. The first kappa shape index (κ1) is 22.2. The summed E-state index contributed by atoms with van der Waals surface area (Å²) in [7, 11) is 0. The van der Waals surface area contributed by atoms with Crippen LogP contribution in [-0.4, -0.2) is 33.1 Å². The second-order valence-corrected chi connectivity index (χ2v) is 9.03. The zero-order chi connectivity index (χ0) is 22.5. The molecule has 2 atom stereocenters. The van der Waals surface area contributed by atoms with E-state index in [1.807, 2.05) is 34.9 Å². The van der Waals surface area contributed by atoms with Crippen LogP contribution in [0.2, 0.25) is 0 Å². The third-order valence-electron chi connectivity index (χ3n) is 6.79. The Bertz CT molecular complexity index is 1170. The Hall–Kier alpha value is -2.97. The molecule has 1 aliphatic heterocycles. The number of fused-ring (bicyclic) bond motifs is 1. The van der Waals surface area contributed by atoms with Crippen LogP contribution in [0.25, 0.3) is 22.3 Å². The van der Waals surface area contributed by atoms with E-state index in [0.717, 1.165) is 36.8 Å². The molecule has 1 saturated heterocycles. The molecule has 32 heavy (non-hydrogen) atoms. The molecule has 1 aliphatic rings. The third kappa shape index (κ3) is 4.76. The van der Waals surface area contributed by atoms with Gasteiger partial charge in [0.1, 0.15) is 5.69 Å². The minimum atomic E-state index is -0.0861. The van der Waals surface area contributed by atoms with Gasteiger partial charge in [0.2, 0.25) is 0 Å². The first-order valence-electron chi connectivity index (χ1n) is 11.8. The summed E-state index contributed by atoms with van der Waals surface area (Å²) in [6, 6.07) is 18.5. The van der Waals surface area contributed by atoms with Gasteiger partial charge in [-0.3, -0.25) is 9.69 Å².